The molecule has 1 aromatic rings. The third kappa shape index (κ3) is 4.95. The molecule has 0 unspecified atom stereocenters. The van der Waals surface area contributed by atoms with Gasteiger partial charge < -0.3 is 5.32 Å². The van der Waals surface area contributed by atoms with Gasteiger partial charge in [0.2, 0.25) is 15.9 Å². The van der Waals surface area contributed by atoms with E-state index in [1.54, 1.807) is 13.0 Å². The average Bonchev–Trinajstić information content (AvgIpc) is 2.34. The third-order valence-electron chi connectivity index (χ3n) is 2.63. The van der Waals surface area contributed by atoms with Crippen LogP contribution in [0.4, 0.5) is 0 Å². The van der Waals surface area contributed by atoms with E-state index in [1.807, 2.05) is 13.8 Å². The van der Waals surface area contributed by atoms with E-state index in [-0.39, 0.29) is 35.0 Å². The Morgan fingerprint density at radius 2 is 2.05 bits per heavy atom. The molecule has 0 fully saturated rings. The Balaban J connectivity index is 3.05. The van der Waals surface area contributed by atoms with E-state index in [1.165, 1.54) is 12.1 Å². The summed E-state index contributed by atoms with van der Waals surface area (Å²) in [7, 11) is -3.81. The zero-order chi connectivity index (χ0) is 16.2. The Labute approximate surface area is 138 Å². The van der Waals surface area contributed by atoms with Crippen LogP contribution in [0, 0.1) is 0 Å². The van der Waals surface area contributed by atoms with Crippen LogP contribution in [0.25, 0.3) is 0 Å². The minimum atomic E-state index is -3.81. The smallest absolute Gasteiger partial charge is 0.245 e. The van der Waals surface area contributed by atoms with Gasteiger partial charge in [0.25, 0.3) is 0 Å². The van der Waals surface area contributed by atoms with Crippen LogP contribution in [0.3, 0.4) is 0 Å². The van der Waals surface area contributed by atoms with E-state index in [4.69, 9.17) is 11.6 Å². The Kier molecular flexibility index (Phi) is 6.65. The molecule has 5 nitrogen and oxygen atoms in total. The number of halogens is 2. The molecule has 0 aliphatic carbocycles. The summed E-state index contributed by atoms with van der Waals surface area (Å²) in [6.45, 7) is 5.25. The van der Waals surface area contributed by atoms with Crippen molar-refractivity contribution >= 4 is 43.5 Å². The second-order valence-corrected chi connectivity index (χ2v) is 7.96. The lowest BCUT2D eigenvalue weighted by Gasteiger charge is -2.21. The van der Waals surface area contributed by atoms with Crippen LogP contribution in [0.5, 0.6) is 0 Å². The van der Waals surface area contributed by atoms with Gasteiger partial charge in [-0.2, -0.15) is 4.31 Å². The molecule has 1 N–H and O–H groups in total. The largest absolute Gasteiger partial charge is 0.353 e. The first-order valence-electron chi connectivity index (χ1n) is 6.43. The summed E-state index contributed by atoms with van der Waals surface area (Å²) in [6.07, 6.45) is 0. The number of hydrogen-bond donors (Lipinski definition) is 1. The molecule has 1 aromatic carbocycles. The fourth-order valence-electron chi connectivity index (χ4n) is 1.72. The third-order valence-corrected chi connectivity index (χ3v) is 5.53. The Morgan fingerprint density at radius 1 is 1.43 bits per heavy atom. The fourth-order valence-corrected chi connectivity index (χ4v) is 4.13. The van der Waals surface area contributed by atoms with Crippen LogP contribution in [0.1, 0.15) is 20.8 Å². The maximum atomic E-state index is 12.6. The number of carbonyl (C=O) groups is 1. The Bertz CT molecular complexity index is 620. The zero-order valence-corrected chi connectivity index (χ0v) is 15.2. The van der Waals surface area contributed by atoms with Crippen molar-refractivity contribution in [2.24, 2.45) is 0 Å². The van der Waals surface area contributed by atoms with Crippen molar-refractivity contribution in [1.29, 1.82) is 0 Å². The van der Waals surface area contributed by atoms with E-state index < -0.39 is 10.0 Å². The van der Waals surface area contributed by atoms with Gasteiger partial charge in [0.1, 0.15) is 4.90 Å². The van der Waals surface area contributed by atoms with Gasteiger partial charge in [-0.3, -0.25) is 4.79 Å². The Morgan fingerprint density at radius 3 is 2.52 bits per heavy atom. The lowest BCUT2D eigenvalue weighted by atomic mass is 10.4. The highest BCUT2D eigenvalue weighted by Gasteiger charge is 2.27. The summed E-state index contributed by atoms with van der Waals surface area (Å²) >= 11 is 9.23. The quantitative estimate of drug-likeness (QED) is 0.802. The molecular formula is C13H18BrClN2O3S. The van der Waals surface area contributed by atoms with Gasteiger partial charge in [0.05, 0.1) is 11.6 Å². The summed E-state index contributed by atoms with van der Waals surface area (Å²) in [5.41, 5.74) is 0. The van der Waals surface area contributed by atoms with Crippen LogP contribution < -0.4 is 5.32 Å². The zero-order valence-electron chi connectivity index (χ0n) is 12.1. The van der Waals surface area contributed by atoms with Crippen molar-refractivity contribution in [3.63, 3.8) is 0 Å². The van der Waals surface area contributed by atoms with Crippen molar-refractivity contribution in [2.75, 3.05) is 13.1 Å². The molecular weight excluding hydrogens is 380 g/mol. The first-order chi connectivity index (χ1) is 9.68. The minimum absolute atomic E-state index is 0.00781. The number of hydrogen-bond acceptors (Lipinski definition) is 3. The van der Waals surface area contributed by atoms with E-state index in [9.17, 15) is 13.2 Å². The number of likely N-dealkylation sites (N-methyl/N-ethyl adjacent to an activating group) is 1. The highest BCUT2D eigenvalue weighted by atomic mass is 79.9. The van der Waals surface area contributed by atoms with Crippen LogP contribution in [0.2, 0.25) is 5.02 Å². The second kappa shape index (κ2) is 7.58. The number of carbonyl (C=O) groups excluding carboxylic acids is 1. The lowest BCUT2D eigenvalue weighted by molar-refractivity contribution is -0.121. The van der Waals surface area contributed by atoms with Gasteiger partial charge in [-0.05, 0) is 32.0 Å². The molecule has 1 amide bonds. The minimum Gasteiger partial charge on any atom is -0.353 e. The molecule has 0 aromatic heterocycles. The summed E-state index contributed by atoms with van der Waals surface area (Å²) in [5.74, 6) is -0.344. The van der Waals surface area contributed by atoms with E-state index >= 15 is 0 Å². The van der Waals surface area contributed by atoms with Crippen molar-refractivity contribution in [2.45, 2.75) is 31.7 Å². The van der Waals surface area contributed by atoms with E-state index in [0.29, 0.717) is 4.47 Å². The van der Waals surface area contributed by atoms with Crippen LogP contribution in [-0.4, -0.2) is 37.8 Å². The summed E-state index contributed by atoms with van der Waals surface area (Å²) in [5, 5.41) is 2.79. The molecule has 0 spiro atoms. The van der Waals surface area contributed by atoms with Crippen LogP contribution >= 0.6 is 27.5 Å². The molecule has 0 radical (unpaired) electrons. The van der Waals surface area contributed by atoms with E-state index in [2.05, 4.69) is 21.2 Å². The maximum Gasteiger partial charge on any atom is 0.245 e. The normalized spacial score (nSPS) is 12.0. The summed E-state index contributed by atoms with van der Waals surface area (Å²) in [6, 6.07) is 4.48. The highest BCUT2D eigenvalue weighted by molar-refractivity contribution is 9.10. The van der Waals surface area contributed by atoms with Gasteiger partial charge in [0, 0.05) is 17.1 Å². The van der Waals surface area contributed by atoms with Gasteiger partial charge >= 0.3 is 0 Å². The second-order valence-electron chi connectivity index (χ2n) is 4.73. The monoisotopic (exact) mass is 396 g/mol. The SMILES string of the molecule is CCN(CC(=O)NC(C)C)S(=O)(=O)c1ccc(Br)cc1Cl. The molecule has 118 valence electrons. The Hall–Kier alpha value is -0.630. The van der Waals surface area contributed by atoms with Crippen LogP contribution in [-0.2, 0) is 14.8 Å². The standard InChI is InChI=1S/C13H18BrClN2O3S/c1-4-17(8-13(18)16-9(2)3)21(19,20)12-6-5-10(14)7-11(12)15/h5-7,9H,4,8H2,1-3H3,(H,16,18). The maximum absolute atomic E-state index is 12.6. The highest BCUT2D eigenvalue weighted by Crippen LogP contribution is 2.27. The fraction of sp³-hybridized carbons (Fsp3) is 0.462. The molecule has 0 saturated carbocycles. The number of rotatable bonds is 6. The first-order valence-corrected chi connectivity index (χ1v) is 9.04. The molecule has 21 heavy (non-hydrogen) atoms. The van der Waals surface area contributed by atoms with Gasteiger partial charge in [0.15, 0.2) is 0 Å². The van der Waals surface area contributed by atoms with E-state index in [0.717, 1.165) is 4.31 Å². The first kappa shape index (κ1) is 18.4. The topological polar surface area (TPSA) is 66.5 Å². The number of nitrogens with zero attached hydrogens (tertiary/aromatic N) is 1. The molecule has 1 rings (SSSR count). The average molecular weight is 398 g/mol. The summed E-state index contributed by atoms with van der Waals surface area (Å²) < 4.78 is 26.9. The van der Waals surface area contributed by atoms with Crippen molar-refractivity contribution in [3.05, 3.63) is 27.7 Å². The van der Waals surface area contributed by atoms with Crippen molar-refractivity contribution in [1.82, 2.24) is 9.62 Å². The molecule has 0 atom stereocenters. The molecule has 0 heterocycles. The van der Waals surface area contributed by atoms with Gasteiger partial charge in [-0.1, -0.05) is 34.5 Å². The van der Waals surface area contributed by atoms with Gasteiger partial charge in [-0.25, -0.2) is 8.42 Å². The number of nitrogens with one attached hydrogen (secondary N) is 1. The number of sulfonamides is 1. The van der Waals surface area contributed by atoms with Crippen molar-refractivity contribution in [3.8, 4) is 0 Å². The molecule has 0 bridgehead atoms. The number of amides is 1. The molecule has 0 aliphatic rings. The predicted molar refractivity (Wildman–Crippen MR) is 86.9 cm³/mol. The predicted octanol–water partition coefficient (Wildman–Crippen LogP) is 2.64. The van der Waals surface area contributed by atoms with Crippen LogP contribution in [0.15, 0.2) is 27.6 Å². The number of benzene rings is 1. The lowest BCUT2D eigenvalue weighted by Crippen LogP contribution is -2.42. The molecule has 0 aliphatic heterocycles. The van der Waals surface area contributed by atoms with Gasteiger partial charge in [-0.15, -0.1) is 0 Å². The van der Waals surface area contributed by atoms with Crippen molar-refractivity contribution < 1.29 is 13.2 Å². The molecule has 8 heteroatoms. The summed E-state index contributed by atoms with van der Waals surface area (Å²) in [4.78, 5) is 11.8. The molecule has 0 saturated heterocycles.